The zero-order valence-electron chi connectivity index (χ0n) is 18.1. The van der Waals surface area contributed by atoms with Gasteiger partial charge in [0.2, 0.25) is 5.91 Å². The number of ether oxygens (including phenoxy) is 1. The molecule has 172 valence electrons. The van der Waals surface area contributed by atoms with Gasteiger partial charge in [-0.1, -0.05) is 0 Å². The number of nitrogens with one attached hydrogen (secondary N) is 1. The third-order valence-electron chi connectivity index (χ3n) is 6.20. The Balaban J connectivity index is 1.29. The molecule has 10 heteroatoms. The Morgan fingerprint density at radius 2 is 2.06 bits per heavy atom. The number of carboxylic acid groups (broad SMARTS) is 1. The summed E-state index contributed by atoms with van der Waals surface area (Å²) in [5.74, 6) is 1.23. The van der Waals surface area contributed by atoms with Crippen LogP contribution < -0.4 is 15.0 Å². The van der Waals surface area contributed by atoms with E-state index in [9.17, 15) is 9.59 Å². The van der Waals surface area contributed by atoms with Crippen molar-refractivity contribution in [3.05, 3.63) is 36.0 Å². The Labute approximate surface area is 195 Å². The molecule has 0 aliphatic carbocycles. The summed E-state index contributed by atoms with van der Waals surface area (Å²) in [4.78, 5) is 35.2. The van der Waals surface area contributed by atoms with Gasteiger partial charge in [-0.25, -0.2) is 9.78 Å². The second-order valence-corrected chi connectivity index (χ2v) is 9.20. The first-order chi connectivity index (χ1) is 16.1. The van der Waals surface area contributed by atoms with E-state index in [1.807, 2.05) is 36.0 Å². The molecule has 1 aromatic carbocycles. The molecule has 2 aliphatic rings. The fourth-order valence-corrected chi connectivity index (χ4v) is 5.04. The first-order valence-electron chi connectivity index (χ1n) is 11.0. The number of pyridine rings is 1. The number of carbonyl (C=O) groups excluding carboxylic acids is 1. The lowest BCUT2D eigenvalue weighted by Crippen LogP contribution is -2.48. The van der Waals surface area contributed by atoms with E-state index < -0.39 is 6.09 Å². The van der Waals surface area contributed by atoms with Gasteiger partial charge in [-0.15, -0.1) is 11.3 Å². The number of amides is 2. The van der Waals surface area contributed by atoms with Crippen LogP contribution in [0.1, 0.15) is 12.8 Å². The van der Waals surface area contributed by atoms with Crippen LogP contribution in [-0.2, 0) is 4.79 Å². The molecule has 2 aromatic heterocycles. The van der Waals surface area contributed by atoms with Gasteiger partial charge in [0.25, 0.3) is 0 Å². The zero-order chi connectivity index (χ0) is 22.8. The molecule has 0 spiro atoms. The summed E-state index contributed by atoms with van der Waals surface area (Å²) in [6.07, 6.45) is 2.36. The number of hydrogen-bond acceptors (Lipinski definition) is 7. The van der Waals surface area contributed by atoms with Crippen LogP contribution in [0.5, 0.6) is 5.75 Å². The van der Waals surface area contributed by atoms with Crippen LogP contribution in [0.3, 0.4) is 0 Å². The first-order valence-corrected chi connectivity index (χ1v) is 11.9. The first kappa shape index (κ1) is 21.4. The Kier molecular flexibility index (Phi) is 5.99. The van der Waals surface area contributed by atoms with E-state index in [1.165, 1.54) is 4.90 Å². The van der Waals surface area contributed by atoms with Crippen molar-refractivity contribution in [1.29, 1.82) is 0 Å². The quantitative estimate of drug-likeness (QED) is 0.574. The van der Waals surface area contributed by atoms with Gasteiger partial charge >= 0.3 is 6.09 Å². The number of thiazole rings is 1. The van der Waals surface area contributed by atoms with Crippen molar-refractivity contribution >= 4 is 39.2 Å². The lowest BCUT2D eigenvalue weighted by molar-refractivity contribution is -0.119. The molecule has 2 fully saturated rings. The summed E-state index contributed by atoms with van der Waals surface area (Å²) < 4.78 is 7.13. The molecule has 3 aromatic rings. The largest absolute Gasteiger partial charge is 0.492 e. The monoisotopic (exact) mass is 467 g/mol. The van der Waals surface area contributed by atoms with E-state index in [1.54, 1.807) is 11.3 Å². The average Bonchev–Trinajstić information content (AvgIpc) is 3.48. The smallest absolute Gasteiger partial charge is 0.407 e. The Morgan fingerprint density at radius 3 is 2.76 bits per heavy atom. The number of piperazine rings is 1. The lowest BCUT2D eigenvalue weighted by atomic mass is 10.1. The number of fused-ring (bicyclic) bond motifs is 1. The van der Waals surface area contributed by atoms with E-state index in [-0.39, 0.29) is 5.91 Å². The van der Waals surface area contributed by atoms with Crippen molar-refractivity contribution in [2.24, 2.45) is 5.92 Å². The summed E-state index contributed by atoms with van der Waals surface area (Å²) in [7, 11) is 0. The molecular formula is C23H25N5O4S. The van der Waals surface area contributed by atoms with Crippen LogP contribution in [0.4, 0.5) is 10.5 Å². The van der Waals surface area contributed by atoms with Gasteiger partial charge in [-0.2, -0.15) is 0 Å². The fourth-order valence-electron chi connectivity index (χ4n) is 4.30. The summed E-state index contributed by atoms with van der Waals surface area (Å²) >= 11 is 1.55. The third kappa shape index (κ3) is 4.70. The second kappa shape index (κ2) is 9.22. The molecule has 0 radical (unpaired) electrons. The SMILES string of the molecule is O=C1C[C@@H](CCOc2cc(-c3ccc(N4CCN(C(=O)O)CC4)cn3)cc3ncsc23)CN1. The standard InChI is InChI=1S/C23H25N5O4S/c29-21-9-15(12-25-21)3-8-32-20-11-16(10-19-22(20)33-14-26-19)18-2-1-17(13-24-18)27-4-6-28(7-5-27)23(30)31/h1-2,10-11,13-15H,3-9,12H2,(H,25,29)(H,30,31)/t15-/m1/s1. The highest BCUT2D eigenvalue weighted by Gasteiger charge is 2.22. The van der Waals surface area contributed by atoms with E-state index in [4.69, 9.17) is 9.84 Å². The lowest BCUT2D eigenvalue weighted by Gasteiger charge is -2.34. The minimum absolute atomic E-state index is 0.116. The minimum atomic E-state index is -0.869. The molecule has 2 saturated heterocycles. The minimum Gasteiger partial charge on any atom is -0.492 e. The predicted molar refractivity (Wildman–Crippen MR) is 126 cm³/mol. The molecule has 33 heavy (non-hydrogen) atoms. The molecule has 2 amide bonds. The molecular weight excluding hydrogens is 442 g/mol. The molecule has 2 N–H and O–H groups in total. The van der Waals surface area contributed by atoms with Gasteiger partial charge in [0, 0.05) is 44.7 Å². The van der Waals surface area contributed by atoms with E-state index in [0.29, 0.717) is 45.1 Å². The van der Waals surface area contributed by atoms with Crippen molar-refractivity contribution in [2.45, 2.75) is 12.8 Å². The van der Waals surface area contributed by atoms with Gasteiger partial charge in [-0.3, -0.25) is 9.78 Å². The van der Waals surface area contributed by atoms with Crippen molar-refractivity contribution in [3.8, 4) is 17.0 Å². The van der Waals surface area contributed by atoms with Crippen LogP contribution in [0.15, 0.2) is 36.0 Å². The predicted octanol–water partition coefficient (Wildman–Crippen LogP) is 3.06. The Hall–Kier alpha value is -3.40. The summed E-state index contributed by atoms with van der Waals surface area (Å²) in [5.41, 5.74) is 5.43. The summed E-state index contributed by atoms with van der Waals surface area (Å²) in [6, 6.07) is 8.03. The maximum absolute atomic E-state index is 11.4. The number of rotatable bonds is 6. The second-order valence-electron chi connectivity index (χ2n) is 8.34. The van der Waals surface area contributed by atoms with Crippen LogP contribution in [0.2, 0.25) is 0 Å². The fraction of sp³-hybridized carbons (Fsp3) is 0.391. The number of benzene rings is 1. The highest BCUT2D eigenvalue weighted by molar-refractivity contribution is 7.17. The van der Waals surface area contributed by atoms with Gasteiger partial charge in [0.1, 0.15) is 5.75 Å². The molecule has 2 aliphatic heterocycles. The van der Waals surface area contributed by atoms with Gasteiger partial charge in [0.15, 0.2) is 0 Å². The molecule has 9 nitrogen and oxygen atoms in total. The van der Waals surface area contributed by atoms with Crippen molar-refractivity contribution in [2.75, 3.05) is 44.2 Å². The van der Waals surface area contributed by atoms with E-state index >= 15 is 0 Å². The zero-order valence-corrected chi connectivity index (χ0v) is 18.9. The highest BCUT2D eigenvalue weighted by atomic mass is 32.1. The number of anilines is 1. The Bertz CT molecular complexity index is 1160. The van der Waals surface area contributed by atoms with E-state index in [0.717, 1.165) is 45.9 Å². The van der Waals surface area contributed by atoms with Crippen LogP contribution >= 0.6 is 11.3 Å². The summed E-state index contributed by atoms with van der Waals surface area (Å²) in [6.45, 7) is 3.55. The third-order valence-corrected chi connectivity index (χ3v) is 7.06. The number of hydrogen-bond donors (Lipinski definition) is 2. The van der Waals surface area contributed by atoms with Gasteiger partial charge in [0.05, 0.1) is 39.9 Å². The average molecular weight is 468 g/mol. The maximum atomic E-state index is 11.4. The van der Waals surface area contributed by atoms with Crippen LogP contribution in [-0.4, -0.2) is 71.3 Å². The number of carbonyl (C=O) groups is 2. The van der Waals surface area contributed by atoms with Crippen LogP contribution in [0, 0.1) is 5.92 Å². The van der Waals surface area contributed by atoms with Crippen LogP contribution in [0.25, 0.3) is 21.5 Å². The Morgan fingerprint density at radius 1 is 1.21 bits per heavy atom. The number of nitrogens with zero attached hydrogens (tertiary/aromatic N) is 4. The van der Waals surface area contributed by atoms with Crippen molar-refractivity contribution < 1.29 is 19.4 Å². The van der Waals surface area contributed by atoms with Crippen molar-refractivity contribution in [3.63, 3.8) is 0 Å². The molecule has 1 atom stereocenters. The molecule has 0 bridgehead atoms. The molecule has 4 heterocycles. The van der Waals surface area contributed by atoms with Crippen molar-refractivity contribution in [1.82, 2.24) is 20.2 Å². The highest BCUT2D eigenvalue weighted by Crippen LogP contribution is 2.34. The van der Waals surface area contributed by atoms with Gasteiger partial charge < -0.3 is 25.0 Å². The summed E-state index contributed by atoms with van der Waals surface area (Å²) in [5, 5.41) is 12.0. The molecule has 0 unspecified atom stereocenters. The maximum Gasteiger partial charge on any atom is 0.407 e. The van der Waals surface area contributed by atoms with Gasteiger partial charge in [-0.05, 0) is 36.6 Å². The molecule has 0 saturated carbocycles. The van der Waals surface area contributed by atoms with E-state index in [2.05, 4.69) is 20.2 Å². The number of aromatic nitrogens is 2. The normalized spacial score (nSPS) is 18.5. The molecule has 5 rings (SSSR count). The topological polar surface area (TPSA) is 108 Å².